The molecule has 0 unspecified atom stereocenters. The lowest BCUT2D eigenvalue weighted by molar-refractivity contribution is -0.149. The molecule has 3 aromatic heterocycles. The van der Waals surface area contributed by atoms with E-state index in [-0.39, 0.29) is 23.5 Å². The molecule has 0 bridgehead atoms. The Morgan fingerprint density at radius 2 is 1.88 bits per heavy atom. The first-order valence-electron chi connectivity index (χ1n) is 12.8. The van der Waals surface area contributed by atoms with Gasteiger partial charge >= 0.3 is 12.1 Å². The van der Waals surface area contributed by atoms with Crippen LogP contribution >= 0.6 is 23.1 Å². The van der Waals surface area contributed by atoms with Crippen LogP contribution in [0.2, 0.25) is 0 Å². The van der Waals surface area contributed by atoms with Gasteiger partial charge in [-0.3, -0.25) is 19.1 Å². The molecule has 1 aromatic carbocycles. The van der Waals surface area contributed by atoms with Crippen LogP contribution in [0, 0.1) is 5.92 Å². The van der Waals surface area contributed by atoms with E-state index in [9.17, 15) is 22.8 Å². The van der Waals surface area contributed by atoms with Crippen LogP contribution in [0.5, 0.6) is 0 Å². The van der Waals surface area contributed by atoms with Gasteiger partial charge < -0.3 is 9.64 Å². The van der Waals surface area contributed by atoms with Gasteiger partial charge in [0.1, 0.15) is 10.7 Å². The Morgan fingerprint density at radius 1 is 1.12 bits per heavy atom. The second-order valence-electron chi connectivity index (χ2n) is 9.16. The van der Waals surface area contributed by atoms with E-state index in [0.29, 0.717) is 65.5 Å². The van der Waals surface area contributed by atoms with Crippen molar-refractivity contribution in [3.63, 3.8) is 0 Å². The van der Waals surface area contributed by atoms with E-state index in [1.165, 1.54) is 29.2 Å². The maximum absolute atomic E-state index is 13.5. The first-order chi connectivity index (χ1) is 19.7. The van der Waals surface area contributed by atoms with Gasteiger partial charge in [0, 0.05) is 36.4 Å². The number of aromatic nitrogens is 5. The molecule has 0 radical (unpaired) electrons. The van der Waals surface area contributed by atoms with Crippen LogP contribution in [0.4, 0.5) is 13.2 Å². The minimum atomic E-state index is -4.51. The van der Waals surface area contributed by atoms with Crippen LogP contribution < -0.4 is 0 Å². The highest BCUT2D eigenvalue weighted by Gasteiger charge is 2.32. The Balaban J connectivity index is 1.32. The Labute approximate surface area is 241 Å². The van der Waals surface area contributed by atoms with Gasteiger partial charge in [-0.15, -0.1) is 21.5 Å². The molecule has 1 fully saturated rings. The minimum absolute atomic E-state index is 0.201. The topological polar surface area (TPSA) is 103 Å². The monoisotopic (exact) mass is 602 g/mol. The second kappa shape index (κ2) is 12.4. The number of ether oxygens (including phenoxy) is 1. The number of hydrogen-bond donors (Lipinski definition) is 0. The third kappa shape index (κ3) is 6.59. The Bertz CT molecular complexity index is 1520. The van der Waals surface area contributed by atoms with E-state index in [4.69, 9.17) is 4.74 Å². The van der Waals surface area contributed by atoms with Gasteiger partial charge in [0.25, 0.3) is 5.91 Å². The molecule has 1 saturated heterocycles. The summed E-state index contributed by atoms with van der Waals surface area (Å²) in [5, 5.41) is 11.2. The van der Waals surface area contributed by atoms with Crippen molar-refractivity contribution in [1.29, 1.82) is 0 Å². The highest BCUT2D eigenvalue weighted by molar-refractivity contribution is 7.98. The highest BCUT2D eigenvalue weighted by Crippen LogP contribution is 2.34. The Kier molecular flexibility index (Phi) is 8.68. The zero-order chi connectivity index (χ0) is 29.0. The summed E-state index contributed by atoms with van der Waals surface area (Å²) in [7, 11) is 0. The van der Waals surface area contributed by atoms with Crippen molar-refractivity contribution in [3.8, 4) is 17.1 Å². The highest BCUT2D eigenvalue weighted by atomic mass is 32.2. The van der Waals surface area contributed by atoms with E-state index < -0.39 is 11.7 Å². The number of halogens is 3. The van der Waals surface area contributed by atoms with Crippen molar-refractivity contribution in [3.05, 3.63) is 70.4 Å². The summed E-state index contributed by atoms with van der Waals surface area (Å²) < 4.78 is 47.1. The van der Waals surface area contributed by atoms with E-state index in [1.54, 1.807) is 52.4 Å². The van der Waals surface area contributed by atoms with Crippen LogP contribution in [-0.4, -0.2) is 61.2 Å². The summed E-state index contributed by atoms with van der Waals surface area (Å²) in [4.78, 5) is 35.2. The molecule has 0 saturated carbocycles. The summed E-state index contributed by atoms with van der Waals surface area (Å²) in [5.74, 6) is 0.0728. The number of carbonyl (C=O) groups excluding carboxylic acids is 2. The van der Waals surface area contributed by atoms with Gasteiger partial charge in [-0.1, -0.05) is 17.8 Å². The van der Waals surface area contributed by atoms with Crippen LogP contribution in [0.1, 0.15) is 40.8 Å². The molecule has 9 nitrogen and oxygen atoms in total. The molecule has 0 N–H and O–H groups in total. The van der Waals surface area contributed by atoms with Crippen molar-refractivity contribution in [2.24, 2.45) is 5.92 Å². The van der Waals surface area contributed by atoms with Crippen LogP contribution in [0.15, 0.2) is 59.3 Å². The molecule has 1 aliphatic heterocycles. The van der Waals surface area contributed by atoms with Crippen molar-refractivity contribution in [2.75, 3.05) is 19.7 Å². The lowest BCUT2D eigenvalue weighted by atomic mass is 9.97. The van der Waals surface area contributed by atoms with Crippen molar-refractivity contribution in [2.45, 2.75) is 36.9 Å². The van der Waals surface area contributed by atoms with E-state index >= 15 is 0 Å². The molecule has 0 spiro atoms. The van der Waals surface area contributed by atoms with Gasteiger partial charge in [-0.25, -0.2) is 4.98 Å². The number of piperidine rings is 1. The Hall–Kier alpha value is -3.78. The van der Waals surface area contributed by atoms with E-state index in [0.717, 1.165) is 12.1 Å². The fraction of sp³-hybridized carbons (Fsp3) is 0.333. The molecule has 214 valence electrons. The number of thiazole rings is 1. The molecule has 1 aliphatic rings. The lowest BCUT2D eigenvalue weighted by Gasteiger charge is -2.30. The number of likely N-dealkylation sites (tertiary alicyclic amines) is 1. The van der Waals surface area contributed by atoms with Crippen molar-refractivity contribution in [1.82, 2.24) is 29.6 Å². The first-order valence-corrected chi connectivity index (χ1v) is 14.7. The van der Waals surface area contributed by atoms with Gasteiger partial charge in [0.15, 0.2) is 11.0 Å². The SMILES string of the molecule is CCOC(=O)C1CCN(C(=O)c2csc(CSc3nnc(-c4ccncc4)n3-c3cccc(C(F)(F)F)c3)n2)CC1. The van der Waals surface area contributed by atoms with Gasteiger partial charge in [0.05, 0.1) is 29.5 Å². The summed E-state index contributed by atoms with van der Waals surface area (Å²) >= 11 is 2.57. The maximum atomic E-state index is 13.5. The van der Waals surface area contributed by atoms with E-state index in [1.807, 2.05) is 0 Å². The number of amides is 1. The number of nitrogens with zero attached hydrogens (tertiary/aromatic N) is 6. The fourth-order valence-corrected chi connectivity index (χ4v) is 6.19. The molecule has 14 heteroatoms. The number of carbonyl (C=O) groups is 2. The van der Waals surface area contributed by atoms with Gasteiger partial charge in [0.2, 0.25) is 0 Å². The number of benzene rings is 1. The fourth-order valence-electron chi connectivity index (χ4n) is 4.45. The average molecular weight is 603 g/mol. The molecule has 4 aromatic rings. The quantitative estimate of drug-likeness (QED) is 0.192. The smallest absolute Gasteiger partial charge is 0.416 e. The molecule has 5 rings (SSSR count). The summed E-state index contributed by atoms with van der Waals surface area (Å²) in [5.41, 5.74) is 0.442. The molecular weight excluding hydrogens is 577 g/mol. The maximum Gasteiger partial charge on any atom is 0.416 e. The third-order valence-corrected chi connectivity index (χ3v) is 8.47. The molecule has 0 aliphatic carbocycles. The van der Waals surface area contributed by atoms with Crippen LogP contribution in [0.3, 0.4) is 0 Å². The number of alkyl halides is 3. The van der Waals surface area contributed by atoms with Crippen molar-refractivity contribution >= 4 is 35.0 Å². The largest absolute Gasteiger partial charge is 0.466 e. The van der Waals surface area contributed by atoms with Gasteiger partial charge in [-0.2, -0.15) is 13.2 Å². The number of pyridine rings is 1. The second-order valence-corrected chi connectivity index (χ2v) is 11.0. The van der Waals surface area contributed by atoms with Crippen LogP contribution in [-0.2, 0) is 21.5 Å². The molecule has 1 amide bonds. The number of thioether (sulfide) groups is 1. The minimum Gasteiger partial charge on any atom is -0.466 e. The molecule has 4 heterocycles. The third-order valence-electron chi connectivity index (χ3n) is 6.50. The standard InChI is InChI=1S/C27H25F3N6O3S2/c1-2-39-25(38)18-8-12-35(13-9-18)24(37)21-15-40-22(32-21)16-41-26-34-33-23(17-6-10-31-11-7-17)36(26)20-5-3-4-19(14-20)27(28,29)30/h3-7,10-11,14-15,18H,2,8-9,12-13,16H2,1H3. The average Bonchev–Trinajstić information content (AvgIpc) is 3.63. The summed E-state index contributed by atoms with van der Waals surface area (Å²) in [6.45, 7) is 2.99. The first kappa shape index (κ1) is 28.7. The zero-order valence-corrected chi connectivity index (χ0v) is 23.5. The van der Waals surface area contributed by atoms with Gasteiger partial charge in [-0.05, 0) is 50.1 Å². The number of esters is 1. The summed E-state index contributed by atoms with van der Waals surface area (Å²) in [6, 6.07) is 8.40. The number of rotatable bonds is 8. The predicted octanol–water partition coefficient (Wildman–Crippen LogP) is 5.51. The zero-order valence-electron chi connectivity index (χ0n) is 21.9. The van der Waals surface area contributed by atoms with Crippen LogP contribution in [0.25, 0.3) is 17.1 Å². The molecule has 0 atom stereocenters. The van der Waals surface area contributed by atoms with E-state index in [2.05, 4.69) is 20.2 Å². The Morgan fingerprint density at radius 3 is 2.59 bits per heavy atom. The normalized spacial score (nSPS) is 14.3. The molecular formula is C27H25F3N6O3S2. The molecule has 41 heavy (non-hydrogen) atoms. The summed E-state index contributed by atoms with van der Waals surface area (Å²) in [6.07, 6.45) is -0.279. The predicted molar refractivity (Wildman–Crippen MR) is 147 cm³/mol. The lowest BCUT2D eigenvalue weighted by Crippen LogP contribution is -2.40. The van der Waals surface area contributed by atoms with Crippen molar-refractivity contribution < 1.29 is 27.5 Å². The number of hydrogen-bond acceptors (Lipinski definition) is 9.